The summed E-state index contributed by atoms with van der Waals surface area (Å²) in [7, 11) is 0. The van der Waals surface area contributed by atoms with Crippen LogP contribution in [0, 0.1) is 12.8 Å². The predicted molar refractivity (Wildman–Crippen MR) is 87.7 cm³/mol. The lowest BCUT2D eigenvalue weighted by Crippen LogP contribution is -2.23. The number of hydrogen-bond donors (Lipinski definition) is 0. The van der Waals surface area contributed by atoms with E-state index in [-0.39, 0.29) is 11.2 Å². The Morgan fingerprint density at radius 3 is 2.30 bits per heavy atom. The topological polar surface area (TPSA) is 17.1 Å². The molecule has 1 nitrogen and oxygen atoms in total. The molecule has 0 heterocycles. The summed E-state index contributed by atoms with van der Waals surface area (Å²) in [5.41, 5.74) is 4.86. The number of rotatable bonds is 6. The highest BCUT2D eigenvalue weighted by Gasteiger charge is 2.26. The van der Waals surface area contributed by atoms with E-state index in [1.165, 1.54) is 17.5 Å². The summed E-state index contributed by atoms with van der Waals surface area (Å²) in [5, 5.41) is 0. The average molecular weight is 274 g/mol. The second-order valence-corrected chi connectivity index (χ2v) is 6.84. The monoisotopic (exact) mass is 274 g/mol. The second kappa shape index (κ2) is 6.56. The first-order valence-corrected chi connectivity index (χ1v) is 7.87. The van der Waals surface area contributed by atoms with Crippen molar-refractivity contribution in [3.05, 3.63) is 34.4 Å². The highest BCUT2D eigenvalue weighted by atomic mass is 16.1. The Kier molecular flexibility index (Phi) is 5.56. The minimum Gasteiger partial charge on any atom is -0.295 e. The molecule has 1 unspecified atom stereocenters. The molecular weight excluding hydrogens is 244 g/mol. The summed E-state index contributed by atoms with van der Waals surface area (Å²) in [6.45, 7) is 15.1. The summed E-state index contributed by atoms with van der Waals surface area (Å²) in [5.74, 6) is 0.877. The van der Waals surface area contributed by atoms with Gasteiger partial charge in [-0.2, -0.15) is 0 Å². The van der Waals surface area contributed by atoms with Crippen molar-refractivity contribution < 1.29 is 4.79 Å². The predicted octanol–water partition coefficient (Wildman–Crippen LogP) is 5.47. The molecule has 0 saturated carbocycles. The maximum absolute atomic E-state index is 11.8. The number of carbonyl (C=O) groups is 1. The van der Waals surface area contributed by atoms with Crippen molar-refractivity contribution in [1.82, 2.24) is 0 Å². The van der Waals surface area contributed by atoms with Crippen LogP contribution < -0.4 is 0 Å². The largest absolute Gasteiger partial charge is 0.295 e. The SMILES string of the molecule is CCc1cc(C)c(C(C)=O)cc1C(C)(C)CC(C)CC. The molecule has 0 aliphatic rings. The average Bonchev–Trinajstić information content (AvgIpc) is 2.36. The van der Waals surface area contributed by atoms with Gasteiger partial charge in [-0.05, 0) is 60.8 Å². The standard InChI is InChI=1S/C19H30O/c1-8-13(3)12-19(6,7)18-11-17(15(5)20)14(4)10-16(18)9-2/h10-11,13H,8-9,12H2,1-7H3. The van der Waals surface area contributed by atoms with Gasteiger partial charge in [0.2, 0.25) is 0 Å². The molecular formula is C19H30O. The van der Waals surface area contributed by atoms with E-state index >= 15 is 0 Å². The van der Waals surface area contributed by atoms with E-state index in [4.69, 9.17) is 0 Å². The molecule has 0 aromatic heterocycles. The highest BCUT2D eigenvalue weighted by Crippen LogP contribution is 2.35. The number of benzene rings is 1. The van der Waals surface area contributed by atoms with Gasteiger partial charge in [0.05, 0.1) is 0 Å². The van der Waals surface area contributed by atoms with Crippen LogP contribution in [0.1, 0.15) is 81.4 Å². The molecule has 1 heteroatoms. The molecule has 1 aromatic carbocycles. The number of aryl methyl sites for hydroxylation is 2. The minimum absolute atomic E-state index is 0.124. The Bertz CT molecular complexity index is 483. The van der Waals surface area contributed by atoms with E-state index in [1.54, 1.807) is 6.92 Å². The van der Waals surface area contributed by atoms with Gasteiger partial charge in [0, 0.05) is 5.56 Å². The number of Topliss-reactive ketones (excluding diaryl/α,β-unsaturated/α-hetero) is 1. The van der Waals surface area contributed by atoms with Crippen molar-refractivity contribution in [2.75, 3.05) is 0 Å². The maximum atomic E-state index is 11.8. The molecule has 0 spiro atoms. The zero-order chi connectivity index (χ0) is 15.5. The van der Waals surface area contributed by atoms with Crippen LogP contribution in [0.2, 0.25) is 0 Å². The van der Waals surface area contributed by atoms with E-state index in [9.17, 15) is 4.79 Å². The van der Waals surface area contributed by atoms with Gasteiger partial charge in [-0.15, -0.1) is 0 Å². The molecule has 0 aliphatic heterocycles. The van der Waals surface area contributed by atoms with Gasteiger partial charge in [-0.25, -0.2) is 0 Å². The summed E-state index contributed by atoms with van der Waals surface area (Å²) in [4.78, 5) is 11.8. The van der Waals surface area contributed by atoms with Crippen LogP contribution >= 0.6 is 0 Å². The molecule has 0 bridgehead atoms. The maximum Gasteiger partial charge on any atom is 0.160 e. The van der Waals surface area contributed by atoms with E-state index in [2.05, 4.69) is 46.8 Å². The first-order valence-electron chi connectivity index (χ1n) is 7.87. The Morgan fingerprint density at radius 2 is 1.85 bits per heavy atom. The van der Waals surface area contributed by atoms with Gasteiger partial charge < -0.3 is 0 Å². The third-order valence-electron chi connectivity index (χ3n) is 4.50. The Morgan fingerprint density at radius 1 is 1.25 bits per heavy atom. The fourth-order valence-electron chi connectivity index (χ4n) is 3.19. The van der Waals surface area contributed by atoms with Crippen LogP contribution in [-0.2, 0) is 11.8 Å². The Hall–Kier alpha value is -1.11. The first-order chi connectivity index (χ1) is 9.22. The van der Waals surface area contributed by atoms with Gasteiger partial charge in [-0.3, -0.25) is 4.79 Å². The molecule has 0 N–H and O–H groups in total. The molecule has 0 saturated heterocycles. The van der Waals surface area contributed by atoms with Gasteiger partial charge in [0.15, 0.2) is 5.78 Å². The molecule has 1 rings (SSSR count). The van der Waals surface area contributed by atoms with Gasteiger partial charge >= 0.3 is 0 Å². The van der Waals surface area contributed by atoms with Gasteiger partial charge in [0.25, 0.3) is 0 Å². The molecule has 112 valence electrons. The normalized spacial score (nSPS) is 13.3. The lowest BCUT2D eigenvalue weighted by molar-refractivity contribution is 0.101. The van der Waals surface area contributed by atoms with Crippen molar-refractivity contribution in [3.8, 4) is 0 Å². The first kappa shape index (κ1) is 16.9. The Balaban J connectivity index is 3.33. The van der Waals surface area contributed by atoms with Crippen LogP contribution in [-0.4, -0.2) is 5.78 Å². The van der Waals surface area contributed by atoms with Crippen molar-refractivity contribution in [3.63, 3.8) is 0 Å². The van der Waals surface area contributed by atoms with Gasteiger partial charge in [0.1, 0.15) is 0 Å². The fourth-order valence-corrected chi connectivity index (χ4v) is 3.19. The molecule has 1 aromatic rings. The lowest BCUT2D eigenvalue weighted by Gasteiger charge is -2.31. The number of ketones is 1. The molecule has 1 atom stereocenters. The van der Waals surface area contributed by atoms with E-state index in [0.717, 1.165) is 24.0 Å². The zero-order valence-corrected chi connectivity index (χ0v) is 14.3. The summed E-state index contributed by atoms with van der Waals surface area (Å²) in [6.07, 6.45) is 3.39. The van der Waals surface area contributed by atoms with Crippen LogP contribution in [0.5, 0.6) is 0 Å². The zero-order valence-electron chi connectivity index (χ0n) is 14.3. The molecule has 0 aliphatic carbocycles. The van der Waals surface area contributed by atoms with Crippen LogP contribution in [0.15, 0.2) is 12.1 Å². The third kappa shape index (κ3) is 3.71. The van der Waals surface area contributed by atoms with E-state index in [0.29, 0.717) is 5.92 Å². The lowest BCUT2D eigenvalue weighted by atomic mass is 9.73. The second-order valence-electron chi connectivity index (χ2n) is 6.84. The van der Waals surface area contributed by atoms with Crippen LogP contribution in [0.25, 0.3) is 0 Å². The highest BCUT2D eigenvalue weighted by molar-refractivity contribution is 5.95. The quantitative estimate of drug-likeness (QED) is 0.628. The van der Waals surface area contributed by atoms with E-state index in [1.807, 2.05) is 6.92 Å². The molecule has 20 heavy (non-hydrogen) atoms. The smallest absolute Gasteiger partial charge is 0.160 e. The molecule has 0 radical (unpaired) electrons. The van der Waals surface area contributed by atoms with Crippen LogP contribution in [0.4, 0.5) is 0 Å². The van der Waals surface area contributed by atoms with Crippen molar-refractivity contribution in [1.29, 1.82) is 0 Å². The summed E-state index contributed by atoms with van der Waals surface area (Å²) < 4.78 is 0. The fraction of sp³-hybridized carbons (Fsp3) is 0.632. The molecule has 0 amide bonds. The van der Waals surface area contributed by atoms with Crippen molar-refractivity contribution in [2.45, 2.75) is 73.1 Å². The third-order valence-corrected chi connectivity index (χ3v) is 4.50. The number of carbonyl (C=O) groups excluding carboxylic acids is 1. The summed E-state index contributed by atoms with van der Waals surface area (Å²) >= 11 is 0. The number of hydrogen-bond acceptors (Lipinski definition) is 1. The van der Waals surface area contributed by atoms with Crippen molar-refractivity contribution in [2.24, 2.45) is 5.92 Å². The van der Waals surface area contributed by atoms with E-state index < -0.39 is 0 Å². The Labute approximate surface area is 124 Å². The minimum atomic E-state index is 0.124. The van der Waals surface area contributed by atoms with Gasteiger partial charge in [-0.1, -0.05) is 47.1 Å². The van der Waals surface area contributed by atoms with Crippen molar-refractivity contribution >= 4 is 5.78 Å². The summed E-state index contributed by atoms with van der Waals surface area (Å²) in [6, 6.07) is 4.36. The molecule has 0 fully saturated rings. The van der Waals surface area contributed by atoms with Crippen LogP contribution in [0.3, 0.4) is 0 Å².